The minimum Gasteiger partial charge on any atom is -0.489 e. The summed E-state index contributed by atoms with van der Waals surface area (Å²) in [6, 6.07) is 15.5. The fourth-order valence-electron chi connectivity index (χ4n) is 5.71. The fourth-order valence-corrected chi connectivity index (χ4v) is 5.71. The van der Waals surface area contributed by atoms with E-state index in [0.29, 0.717) is 12.5 Å². The first-order valence-electron chi connectivity index (χ1n) is 14.6. The number of rotatable bonds is 9. The van der Waals surface area contributed by atoms with E-state index in [1.165, 1.54) is 16.0 Å². The molecule has 1 aliphatic heterocycles. The van der Waals surface area contributed by atoms with Crippen molar-refractivity contribution < 1.29 is 33.3 Å². The van der Waals surface area contributed by atoms with Crippen LogP contribution in [0.1, 0.15) is 76.0 Å². The molecule has 2 aromatic rings. The van der Waals surface area contributed by atoms with Crippen LogP contribution >= 0.6 is 0 Å². The first-order chi connectivity index (χ1) is 19.6. The van der Waals surface area contributed by atoms with E-state index in [1.807, 2.05) is 30.3 Å². The topological polar surface area (TPSA) is 91.4 Å². The zero-order valence-electron chi connectivity index (χ0n) is 24.9. The normalized spacial score (nSPS) is 22.9. The summed E-state index contributed by atoms with van der Waals surface area (Å²) in [5.41, 5.74) is 2.87. The third kappa shape index (κ3) is 7.88. The summed E-state index contributed by atoms with van der Waals surface area (Å²) in [7, 11) is 0. The highest BCUT2D eigenvalue weighted by atomic mass is 16.6. The van der Waals surface area contributed by atoms with Crippen LogP contribution in [-0.4, -0.2) is 60.3 Å². The number of esters is 1. The van der Waals surface area contributed by atoms with E-state index in [4.69, 9.17) is 18.9 Å². The van der Waals surface area contributed by atoms with Crippen LogP contribution in [0.3, 0.4) is 0 Å². The Labute approximate surface area is 243 Å². The molecule has 4 rings (SSSR count). The van der Waals surface area contributed by atoms with Crippen molar-refractivity contribution in [3.05, 3.63) is 65.2 Å². The zero-order chi connectivity index (χ0) is 29.6. The van der Waals surface area contributed by atoms with Gasteiger partial charge in [-0.05, 0) is 83.4 Å². The van der Waals surface area contributed by atoms with Crippen LogP contribution < -0.4 is 4.74 Å². The summed E-state index contributed by atoms with van der Waals surface area (Å²) >= 11 is 0. The maximum atomic E-state index is 13.2. The quantitative estimate of drug-likeness (QED) is 0.273. The van der Waals surface area contributed by atoms with E-state index in [2.05, 4.69) is 25.1 Å². The Morgan fingerprint density at radius 2 is 1.68 bits per heavy atom. The highest BCUT2D eigenvalue weighted by Gasteiger charge is 2.48. The molecule has 2 aliphatic rings. The standard InChI is InChI=1S/C33H43NO7/c1-6-38-31(36)26-19-34(32(37)41-33(3,4)5)27(30(26)35)21-39-25-17-15-24(16-18-25)29-22(2)11-10-14-28(29)40-20-23-12-8-7-9-13-23/h7-14,24-27H,6,15-21H2,1-5H3. The molecule has 2 atom stereocenters. The maximum absolute atomic E-state index is 13.2. The van der Waals surface area contributed by atoms with E-state index in [0.717, 1.165) is 37.0 Å². The minimum atomic E-state index is -1.03. The number of aryl methyl sites for hydroxylation is 1. The summed E-state index contributed by atoms with van der Waals surface area (Å²) in [4.78, 5) is 39.9. The lowest BCUT2D eigenvalue weighted by Gasteiger charge is -2.32. The molecule has 2 fully saturated rings. The largest absolute Gasteiger partial charge is 0.489 e. The Hall–Kier alpha value is -3.39. The van der Waals surface area contributed by atoms with Gasteiger partial charge in [0.05, 0.1) is 19.3 Å². The molecule has 8 heteroatoms. The average molecular weight is 566 g/mol. The molecule has 1 saturated carbocycles. The number of hydrogen-bond acceptors (Lipinski definition) is 7. The first kappa shape index (κ1) is 30.6. The van der Waals surface area contributed by atoms with Crippen molar-refractivity contribution in [3.8, 4) is 5.75 Å². The van der Waals surface area contributed by atoms with E-state index < -0.39 is 29.6 Å². The van der Waals surface area contributed by atoms with Gasteiger partial charge in [-0.1, -0.05) is 42.5 Å². The van der Waals surface area contributed by atoms with E-state index in [9.17, 15) is 14.4 Å². The summed E-state index contributed by atoms with van der Waals surface area (Å²) in [6.45, 7) is 9.77. The second kappa shape index (κ2) is 13.5. The molecule has 222 valence electrons. The Morgan fingerprint density at radius 3 is 2.34 bits per heavy atom. The molecule has 0 spiro atoms. The molecule has 1 amide bonds. The van der Waals surface area contributed by atoms with Crippen LogP contribution in [0, 0.1) is 12.8 Å². The van der Waals surface area contributed by atoms with Crippen molar-refractivity contribution in [2.24, 2.45) is 5.92 Å². The van der Waals surface area contributed by atoms with Gasteiger partial charge in [0.1, 0.15) is 29.9 Å². The minimum absolute atomic E-state index is 0.0269. The van der Waals surface area contributed by atoms with Gasteiger partial charge in [-0.3, -0.25) is 14.5 Å². The Morgan fingerprint density at radius 1 is 0.976 bits per heavy atom. The summed E-state index contributed by atoms with van der Waals surface area (Å²) in [5.74, 6) is -0.725. The fraction of sp³-hybridized carbons (Fsp3) is 0.545. The number of amides is 1. The van der Waals surface area contributed by atoms with Crippen molar-refractivity contribution in [3.63, 3.8) is 0 Å². The number of ether oxygens (including phenoxy) is 4. The number of benzene rings is 2. The van der Waals surface area contributed by atoms with Gasteiger partial charge in [0.25, 0.3) is 0 Å². The van der Waals surface area contributed by atoms with Gasteiger partial charge in [0.15, 0.2) is 5.78 Å². The highest BCUT2D eigenvalue weighted by molar-refractivity contribution is 6.05. The predicted octanol–water partition coefficient (Wildman–Crippen LogP) is 5.98. The lowest BCUT2D eigenvalue weighted by Crippen LogP contribution is -2.44. The second-order valence-corrected chi connectivity index (χ2v) is 11.9. The molecule has 2 unspecified atom stereocenters. The number of carbonyl (C=O) groups excluding carboxylic acids is 3. The SMILES string of the molecule is CCOC(=O)C1CN(C(=O)OC(C)(C)C)C(COC2CCC(c3c(C)cccc3OCc3ccccc3)CC2)C1=O. The molecular formula is C33H43NO7. The van der Waals surface area contributed by atoms with Crippen molar-refractivity contribution in [2.45, 2.75) is 90.6 Å². The van der Waals surface area contributed by atoms with Crippen molar-refractivity contribution >= 4 is 17.8 Å². The Kier molecular flexibility index (Phi) is 10.1. The molecule has 1 heterocycles. The molecule has 2 aromatic carbocycles. The molecule has 0 aromatic heterocycles. The molecule has 0 N–H and O–H groups in total. The van der Waals surface area contributed by atoms with Gasteiger partial charge >= 0.3 is 12.1 Å². The molecule has 1 aliphatic carbocycles. The zero-order valence-corrected chi connectivity index (χ0v) is 24.9. The summed E-state index contributed by atoms with van der Waals surface area (Å²) in [5, 5.41) is 0. The first-order valence-corrected chi connectivity index (χ1v) is 14.6. The number of likely N-dealkylation sites (tertiary alicyclic amines) is 1. The maximum Gasteiger partial charge on any atom is 0.411 e. The second-order valence-electron chi connectivity index (χ2n) is 11.9. The molecule has 1 saturated heterocycles. The molecular weight excluding hydrogens is 522 g/mol. The number of nitrogens with zero attached hydrogens (tertiary/aromatic N) is 1. The summed E-state index contributed by atoms with van der Waals surface area (Å²) < 4.78 is 23.1. The van der Waals surface area contributed by atoms with E-state index in [-0.39, 0.29) is 31.6 Å². The van der Waals surface area contributed by atoms with E-state index in [1.54, 1.807) is 27.7 Å². The van der Waals surface area contributed by atoms with Gasteiger partial charge in [0, 0.05) is 12.1 Å². The van der Waals surface area contributed by atoms with Gasteiger partial charge in [-0.25, -0.2) is 4.79 Å². The van der Waals surface area contributed by atoms with Gasteiger partial charge < -0.3 is 18.9 Å². The molecule has 41 heavy (non-hydrogen) atoms. The van der Waals surface area contributed by atoms with Crippen LogP contribution in [0.15, 0.2) is 48.5 Å². The van der Waals surface area contributed by atoms with Crippen LogP contribution in [0.2, 0.25) is 0 Å². The average Bonchev–Trinajstić information content (AvgIpc) is 3.27. The lowest BCUT2D eigenvalue weighted by atomic mass is 9.80. The number of hydrogen-bond donors (Lipinski definition) is 0. The summed E-state index contributed by atoms with van der Waals surface area (Å²) in [6.07, 6.45) is 2.84. The van der Waals surface area contributed by atoms with Crippen molar-refractivity contribution in [1.82, 2.24) is 4.90 Å². The third-order valence-corrected chi connectivity index (χ3v) is 7.72. The van der Waals surface area contributed by atoms with Crippen molar-refractivity contribution in [1.29, 1.82) is 0 Å². The Bertz CT molecular complexity index is 1200. The molecule has 0 bridgehead atoms. The highest BCUT2D eigenvalue weighted by Crippen LogP contribution is 2.40. The predicted molar refractivity (Wildman–Crippen MR) is 155 cm³/mol. The van der Waals surface area contributed by atoms with Crippen LogP contribution in [0.5, 0.6) is 5.75 Å². The van der Waals surface area contributed by atoms with Gasteiger partial charge in [-0.2, -0.15) is 0 Å². The molecule has 8 nitrogen and oxygen atoms in total. The number of Topliss-reactive ketones (excluding diaryl/α,β-unsaturated/α-hetero) is 1. The van der Waals surface area contributed by atoms with Crippen molar-refractivity contribution in [2.75, 3.05) is 19.8 Å². The lowest BCUT2D eigenvalue weighted by molar-refractivity contribution is -0.150. The van der Waals surface area contributed by atoms with E-state index >= 15 is 0 Å². The third-order valence-electron chi connectivity index (χ3n) is 7.72. The van der Waals surface area contributed by atoms with Crippen LogP contribution in [0.4, 0.5) is 4.79 Å². The van der Waals surface area contributed by atoms with Crippen LogP contribution in [-0.2, 0) is 30.4 Å². The Balaban J connectivity index is 1.37. The monoisotopic (exact) mass is 565 g/mol. The van der Waals surface area contributed by atoms with Crippen LogP contribution in [0.25, 0.3) is 0 Å². The number of carbonyl (C=O) groups is 3. The smallest absolute Gasteiger partial charge is 0.411 e. The van der Waals surface area contributed by atoms with Gasteiger partial charge in [0.2, 0.25) is 0 Å². The molecule has 0 radical (unpaired) electrons. The van der Waals surface area contributed by atoms with Gasteiger partial charge in [-0.15, -0.1) is 0 Å². The number of ketones is 1.